The Morgan fingerprint density at radius 3 is 2.39 bits per heavy atom. The number of furan rings is 1. The Labute approximate surface area is 107 Å². The highest BCUT2D eigenvalue weighted by molar-refractivity contribution is 6.05. The van der Waals surface area contributed by atoms with E-state index >= 15 is 0 Å². The van der Waals surface area contributed by atoms with E-state index in [0.717, 1.165) is 11.3 Å². The molecule has 0 spiro atoms. The van der Waals surface area contributed by atoms with Crippen LogP contribution < -0.4 is 0 Å². The number of benzene rings is 1. The van der Waals surface area contributed by atoms with Gasteiger partial charge in [0.05, 0.1) is 0 Å². The van der Waals surface area contributed by atoms with E-state index in [2.05, 4.69) is 56.9 Å². The van der Waals surface area contributed by atoms with Crippen LogP contribution in [0.1, 0.15) is 51.0 Å². The molecule has 0 aliphatic rings. The number of nitrogens with one attached hydrogen (secondary N) is 1. The van der Waals surface area contributed by atoms with Gasteiger partial charge in [0.1, 0.15) is 11.3 Å². The SMILES string of the molecule is CC(C)c1cc2c(ccc3oc(C(C)C)cc32)[nH]1. The predicted octanol–water partition coefficient (Wildman–Crippen LogP) is 5.16. The molecule has 0 atom stereocenters. The molecule has 0 saturated carbocycles. The average molecular weight is 241 g/mol. The van der Waals surface area contributed by atoms with Crippen molar-refractivity contribution in [1.82, 2.24) is 4.98 Å². The summed E-state index contributed by atoms with van der Waals surface area (Å²) < 4.78 is 5.89. The molecule has 2 nitrogen and oxygen atoms in total. The standard InChI is InChI=1S/C16H19NO/c1-9(2)14-7-11-12-8-16(10(3)4)18-15(12)6-5-13(11)17-14/h5-10,17H,1-4H3. The molecule has 1 aromatic carbocycles. The predicted molar refractivity (Wildman–Crippen MR) is 76.2 cm³/mol. The fourth-order valence-corrected chi connectivity index (χ4v) is 2.36. The van der Waals surface area contributed by atoms with E-state index in [4.69, 9.17) is 4.42 Å². The number of rotatable bonds is 2. The summed E-state index contributed by atoms with van der Waals surface area (Å²) in [7, 11) is 0. The van der Waals surface area contributed by atoms with Crippen molar-refractivity contribution >= 4 is 21.9 Å². The van der Waals surface area contributed by atoms with Crippen molar-refractivity contribution in [1.29, 1.82) is 0 Å². The van der Waals surface area contributed by atoms with Crippen LogP contribution in [-0.2, 0) is 0 Å². The van der Waals surface area contributed by atoms with Crippen molar-refractivity contribution in [3.63, 3.8) is 0 Å². The Morgan fingerprint density at radius 1 is 0.944 bits per heavy atom. The molecule has 3 aromatic rings. The van der Waals surface area contributed by atoms with Crippen LogP contribution in [0.3, 0.4) is 0 Å². The van der Waals surface area contributed by atoms with E-state index in [1.54, 1.807) is 0 Å². The van der Waals surface area contributed by atoms with Gasteiger partial charge in [-0.05, 0) is 30.2 Å². The molecular weight excluding hydrogens is 222 g/mol. The molecule has 0 bridgehead atoms. The second-order valence-corrected chi connectivity index (χ2v) is 5.62. The van der Waals surface area contributed by atoms with Gasteiger partial charge in [0.2, 0.25) is 0 Å². The van der Waals surface area contributed by atoms with Crippen molar-refractivity contribution in [2.24, 2.45) is 0 Å². The maximum absolute atomic E-state index is 5.89. The number of aromatic amines is 1. The Bertz CT molecular complexity index is 639. The first-order valence-corrected chi connectivity index (χ1v) is 6.61. The molecule has 0 fully saturated rings. The summed E-state index contributed by atoms with van der Waals surface area (Å²) in [4.78, 5) is 3.48. The van der Waals surface area contributed by atoms with Crippen LogP contribution in [0.5, 0.6) is 0 Å². The minimum absolute atomic E-state index is 0.427. The van der Waals surface area contributed by atoms with Gasteiger partial charge in [-0.1, -0.05) is 27.7 Å². The fourth-order valence-electron chi connectivity index (χ4n) is 2.36. The van der Waals surface area contributed by atoms with Gasteiger partial charge in [0.25, 0.3) is 0 Å². The van der Waals surface area contributed by atoms with Gasteiger partial charge in [-0.3, -0.25) is 0 Å². The molecule has 2 heteroatoms. The third-order valence-electron chi connectivity index (χ3n) is 3.53. The number of hydrogen-bond acceptors (Lipinski definition) is 1. The lowest BCUT2D eigenvalue weighted by Gasteiger charge is -1.97. The zero-order valence-corrected chi connectivity index (χ0v) is 11.4. The molecule has 0 unspecified atom stereocenters. The Balaban J connectivity index is 2.30. The minimum Gasteiger partial charge on any atom is -0.461 e. The van der Waals surface area contributed by atoms with Crippen molar-refractivity contribution < 1.29 is 4.42 Å². The molecule has 3 rings (SSSR count). The average Bonchev–Trinajstić information content (AvgIpc) is 2.91. The molecule has 0 aliphatic heterocycles. The lowest BCUT2D eigenvalue weighted by atomic mass is 10.1. The monoisotopic (exact) mass is 241 g/mol. The summed E-state index contributed by atoms with van der Waals surface area (Å²) in [5, 5.41) is 2.49. The van der Waals surface area contributed by atoms with Crippen molar-refractivity contribution in [3.05, 3.63) is 35.7 Å². The summed E-state index contributed by atoms with van der Waals surface area (Å²) in [6, 6.07) is 8.60. The minimum atomic E-state index is 0.427. The Morgan fingerprint density at radius 2 is 1.72 bits per heavy atom. The summed E-state index contributed by atoms with van der Waals surface area (Å²) in [5.74, 6) is 2.00. The van der Waals surface area contributed by atoms with E-state index in [-0.39, 0.29) is 0 Å². The second kappa shape index (κ2) is 3.91. The summed E-state index contributed by atoms with van der Waals surface area (Å²) >= 11 is 0. The van der Waals surface area contributed by atoms with Crippen molar-refractivity contribution in [2.75, 3.05) is 0 Å². The largest absolute Gasteiger partial charge is 0.461 e. The number of H-pyrrole nitrogens is 1. The van der Waals surface area contributed by atoms with E-state index in [9.17, 15) is 0 Å². The normalized spacial score (nSPS) is 12.3. The Kier molecular flexibility index (Phi) is 2.47. The highest BCUT2D eigenvalue weighted by atomic mass is 16.3. The lowest BCUT2D eigenvalue weighted by Crippen LogP contribution is -1.84. The Hall–Kier alpha value is -1.70. The molecule has 2 heterocycles. The van der Waals surface area contributed by atoms with Crippen LogP contribution in [-0.4, -0.2) is 4.98 Å². The summed E-state index contributed by atoms with van der Waals surface area (Å²) in [6.07, 6.45) is 0. The number of hydrogen-bond donors (Lipinski definition) is 1. The zero-order chi connectivity index (χ0) is 12.9. The summed E-state index contributed by atoms with van der Waals surface area (Å²) in [5.41, 5.74) is 3.47. The molecule has 0 saturated heterocycles. The molecule has 2 aromatic heterocycles. The topological polar surface area (TPSA) is 28.9 Å². The van der Waals surface area contributed by atoms with Gasteiger partial charge in [-0.2, -0.15) is 0 Å². The molecule has 94 valence electrons. The first kappa shape index (κ1) is 11.4. The number of aromatic nitrogens is 1. The molecular formula is C16H19NO. The van der Waals surface area contributed by atoms with E-state index in [1.165, 1.54) is 22.0 Å². The molecule has 0 amide bonds. The first-order valence-electron chi connectivity index (χ1n) is 6.61. The van der Waals surface area contributed by atoms with Crippen molar-refractivity contribution in [2.45, 2.75) is 39.5 Å². The van der Waals surface area contributed by atoms with Crippen LogP contribution in [0.15, 0.2) is 28.7 Å². The fraction of sp³-hybridized carbons (Fsp3) is 0.375. The van der Waals surface area contributed by atoms with Gasteiger partial charge in [-0.15, -0.1) is 0 Å². The molecule has 0 radical (unpaired) electrons. The van der Waals surface area contributed by atoms with Crippen molar-refractivity contribution in [3.8, 4) is 0 Å². The first-order chi connectivity index (χ1) is 8.56. The smallest absolute Gasteiger partial charge is 0.135 e. The third kappa shape index (κ3) is 1.64. The molecule has 1 N–H and O–H groups in total. The molecule has 18 heavy (non-hydrogen) atoms. The van der Waals surface area contributed by atoms with Gasteiger partial charge in [0.15, 0.2) is 0 Å². The van der Waals surface area contributed by atoms with Crippen LogP contribution in [0.4, 0.5) is 0 Å². The lowest BCUT2D eigenvalue weighted by molar-refractivity contribution is 0.522. The highest BCUT2D eigenvalue weighted by Crippen LogP contribution is 2.32. The van der Waals surface area contributed by atoms with Crippen LogP contribution in [0, 0.1) is 0 Å². The maximum atomic E-state index is 5.89. The molecule has 0 aliphatic carbocycles. The second-order valence-electron chi connectivity index (χ2n) is 5.62. The van der Waals surface area contributed by atoms with Gasteiger partial charge in [0, 0.05) is 27.9 Å². The van der Waals surface area contributed by atoms with Crippen LogP contribution in [0.2, 0.25) is 0 Å². The van der Waals surface area contributed by atoms with Crippen LogP contribution in [0.25, 0.3) is 21.9 Å². The quantitative estimate of drug-likeness (QED) is 0.659. The van der Waals surface area contributed by atoms with Gasteiger partial charge >= 0.3 is 0 Å². The summed E-state index contributed by atoms with van der Waals surface area (Å²) in [6.45, 7) is 8.73. The third-order valence-corrected chi connectivity index (χ3v) is 3.53. The highest BCUT2D eigenvalue weighted by Gasteiger charge is 2.12. The van der Waals surface area contributed by atoms with E-state index < -0.39 is 0 Å². The maximum Gasteiger partial charge on any atom is 0.135 e. The zero-order valence-electron chi connectivity index (χ0n) is 11.4. The number of fused-ring (bicyclic) bond motifs is 3. The van der Waals surface area contributed by atoms with Crippen LogP contribution >= 0.6 is 0 Å². The van der Waals surface area contributed by atoms with Gasteiger partial charge < -0.3 is 9.40 Å². The van der Waals surface area contributed by atoms with E-state index in [1.807, 2.05) is 0 Å². The van der Waals surface area contributed by atoms with Gasteiger partial charge in [-0.25, -0.2) is 0 Å². The van der Waals surface area contributed by atoms with E-state index in [0.29, 0.717) is 11.8 Å².